The minimum atomic E-state index is -0.626. The summed E-state index contributed by atoms with van der Waals surface area (Å²) >= 11 is 7.62. The van der Waals surface area contributed by atoms with Crippen molar-refractivity contribution in [2.75, 3.05) is 12.4 Å². The summed E-state index contributed by atoms with van der Waals surface area (Å²) in [7, 11) is 1.27. The Morgan fingerprint density at radius 1 is 1.19 bits per heavy atom. The molecule has 0 aliphatic heterocycles. The van der Waals surface area contributed by atoms with Crippen LogP contribution in [0.3, 0.4) is 0 Å². The highest BCUT2D eigenvalue weighted by atomic mass is 35.5. The van der Waals surface area contributed by atoms with Gasteiger partial charge in [-0.2, -0.15) is 9.78 Å². The average molecular weight is 604 g/mol. The van der Waals surface area contributed by atoms with Crippen LogP contribution in [0, 0.1) is 0 Å². The van der Waals surface area contributed by atoms with Gasteiger partial charge in [-0.3, -0.25) is 14.9 Å². The minimum absolute atomic E-state index is 0.330. The van der Waals surface area contributed by atoms with E-state index in [1.54, 1.807) is 60.1 Å². The van der Waals surface area contributed by atoms with Gasteiger partial charge in [0, 0.05) is 34.2 Å². The second kappa shape index (κ2) is 13.0. The van der Waals surface area contributed by atoms with E-state index in [-0.39, 0.29) is 0 Å². The first-order chi connectivity index (χ1) is 20.4. The first-order valence-corrected chi connectivity index (χ1v) is 13.7. The summed E-state index contributed by atoms with van der Waals surface area (Å²) in [5.74, 6) is -0.411. The Kier molecular flexibility index (Phi) is 8.75. The van der Waals surface area contributed by atoms with Crippen molar-refractivity contribution in [3.05, 3.63) is 104 Å². The van der Waals surface area contributed by atoms with Crippen LogP contribution in [0.5, 0.6) is 0 Å². The van der Waals surface area contributed by atoms with E-state index >= 15 is 0 Å². The summed E-state index contributed by atoms with van der Waals surface area (Å²) in [4.78, 5) is 41.7. The molecule has 0 radical (unpaired) electrons. The Bertz CT molecular complexity index is 1770. The third kappa shape index (κ3) is 6.92. The van der Waals surface area contributed by atoms with Crippen LogP contribution in [-0.4, -0.2) is 54.5 Å². The van der Waals surface area contributed by atoms with Gasteiger partial charge < -0.3 is 10.1 Å². The second-order valence-corrected chi connectivity index (χ2v) is 9.92. The van der Waals surface area contributed by atoms with E-state index in [0.717, 1.165) is 5.69 Å². The number of thiazole rings is 1. The lowest BCUT2D eigenvalue weighted by molar-refractivity contribution is -0.117. The van der Waals surface area contributed by atoms with Gasteiger partial charge in [-0.1, -0.05) is 23.7 Å². The van der Waals surface area contributed by atoms with E-state index in [1.807, 2.05) is 5.38 Å². The van der Waals surface area contributed by atoms with Gasteiger partial charge in [-0.05, 0) is 58.5 Å². The monoisotopic (exact) mass is 603 g/mol. The fraction of sp³-hybridized carbons (Fsp3) is 0.111. The van der Waals surface area contributed by atoms with Crippen molar-refractivity contribution in [1.82, 2.24) is 40.7 Å². The van der Waals surface area contributed by atoms with Crippen LogP contribution in [0.1, 0.15) is 23.0 Å². The van der Waals surface area contributed by atoms with Gasteiger partial charge in [0.05, 0.1) is 41.3 Å². The largest absolute Gasteiger partial charge is 0.453 e. The number of nitrogens with one attached hydrogen (secondary N) is 3. The highest BCUT2D eigenvalue weighted by molar-refractivity contribution is 7.07. The summed E-state index contributed by atoms with van der Waals surface area (Å²) in [6.45, 7) is 0. The first-order valence-electron chi connectivity index (χ1n) is 12.3. The van der Waals surface area contributed by atoms with Crippen molar-refractivity contribution < 1.29 is 14.3 Å². The predicted molar refractivity (Wildman–Crippen MR) is 156 cm³/mol. The molecule has 2 aromatic carbocycles. The lowest BCUT2D eigenvalue weighted by atomic mass is 10.0. The summed E-state index contributed by atoms with van der Waals surface area (Å²) in [5, 5.41) is 25.8. The number of methoxy groups -OCH3 is 1. The quantitative estimate of drug-likeness (QED) is 0.212. The lowest BCUT2D eigenvalue weighted by Crippen LogP contribution is -2.30. The topological polar surface area (TPSA) is 170 Å². The molecule has 2 amide bonds. The number of H-pyrrole nitrogens is 1. The molecule has 0 saturated heterocycles. The van der Waals surface area contributed by atoms with Crippen LogP contribution in [0.4, 0.5) is 10.5 Å². The molecule has 1 unspecified atom stereocenters. The molecule has 0 saturated carbocycles. The maximum atomic E-state index is 13.1. The molecule has 13 nitrogen and oxygen atoms in total. The van der Waals surface area contributed by atoms with Crippen molar-refractivity contribution in [2.45, 2.75) is 12.5 Å². The average Bonchev–Trinajstić information content (AvgIpc) is 3.72. The molecular weight excluding hydrogens is 582 g/mol. The van der Waals surface area contributed by atoms with Crippen molar-refractivity contribution in [2.24, 2.45) is 0 Å². The smallest absolute Gasteiger partial charge is 0.411 e. The molecular formula is C27H22ClN9O4S. The third-order valence-electron chi connectivity index (χ3n) is 6.02. The zero-order valence-corrected chi connectivity index (χ0v) is 23.5. The molecule has 3 aromatic heterocycles. The normalized spacial score (nSPS) is 11.8. The fourth-order valence-electron chi connectivity index (χ4n) is 4.02. The molecule has 0 aliphatic carbocycles. The summed E-state index contributed by atoms with van der Waals surface area (Å²) in [5.41, 5.74) is 5.13. The Morgan fingerprint density at radius 2 is 2.02 bits per heavy atom. The molecule has 0 aliphatic rings. The van der Waals surface area contributed by atoms with Gasteiger partial charge in [0.1, 0.15) is 6.33 Å². The van der Waals surface area contributed by atoms with Crippen LogP contribution in [-0.2, 0) is 16.0 Å². The van der Waals surface area contributed by atoms with Gasteiger partial charge in [-0.25, -0.2) is 14.9 Å². The van der Waals surface area contributed by atoms with Crippen LogP contribution in [0.25, 0.3) is 22.9 Å². The van der Waals surface area contributed by atoms with Crippen LogP contribution < -0.4 is 16.2 Å². The number of hydrogen-bond acceptors (Lipinski definition) is 10. The summed E-state index contributed by atoms with van der Waals surface area (Å²) < 4.78 is 6.06. The number of halogens is 1. The molecule has 3 heterocycles. The number of hydrogen-bond donors (Lipinski definition) is 3. The number of ether oxygens (including phenoxy) is 1. The van der Waals surface area contributed by atoms with Gasteiger partial charge in [-0.15, -0.1) is 16.4 Å². The highest BCUT2D eigenvalue weighted by Crippen LogP contribution is 2.24. The molecule has 0 bridgehead atoms. The number of tetrazole rings is 1. The van der Waals surface area contributed by atoms with Crippen molar-refractivity contribution >= 4 is 46.7 Å². The van der Waals surface area contributed by atoms with Gasteiger partial charge in [0.15, 0.2) is 0 Å². The van der Waals surface area contributed by atoms with Crippen molar-refractivity contribution in [3.8, 4) is 16.8 Å². The van der Waals surface area contributed by atoms with Gasteiger partial charge >= 0.3 is 6.09 Å². The Labute approximate surface area is 247 Å². The standard InChI is InChI=1S/C27H22ClN9O4S/c1-41-27(40)31-19-6-2-16(3-7-19)21-12-23(33-34-26(21)39)22(11-20-13-42-15-29-20)32-25(38)9-4-17-10-18(28)5-8-24(17)37-14-30-35-36-37/h2-10,12-15,22H,11H2,1H3,(H,31,40)(H,32,38)(H,34,39)/b9-4+. The number of aromatic nitrogens is 7. The fourth-order valence-corrected chi connectivity index (χ4v) is 4.77. The number of aromatic amines is 1. The zero-order valence-electron chi connectivity index (χ0n) is 21.9. The first kappa shape index (κ1) is 28.3. The number of nitrogens with zero attached hydrogens (tertiary/aromatic N) is 6. The van der Waals surface area contributed by atoms with Crippen LogP contribution >= 0.6 is 22.9 Å². The number of carbonyl (C=O) groups excluding carboxylic acids is 2. The van der Waals surface area contributed by atoms with Crippen LogP contribution in [0.2, 0.25) is 5.02 Å². The second-order valence-electron chi connectivity index (χ2n) is 8.77. The Morgan fingerprint density at radius 3 is 2.74 bits per heavy atom. The molecule has 15 heteroatoms. The van der Waals surface area contributed by atoms with E-state index in [2.05, 4.69) is 46.1 Å². The molecule has 212 valence electrons. The van der Waals surface area contributed by atoms with Crippen LogP contribution in [0.15, 0.2) is 76.6 Å². The van der Waals surface area contributed by atoms with E-state index in [9.17, 15) is 14.4 Å². The van der Waals surface area contributed by atoms with E-state index in [0.29, 0.717) is 45.2 Å². The molecule has 42 heavy (non-hydrogen) atoms. The highest BCUT2D eigenvalue weighted by Gasteiger charge is 2.19. The molecule has 0 spiro atoms. The zero-order chi connectivity index (χ0) is 29.5. The van der Waals surface area contributed by atoms with Gasteiger partial charge in [0.2, 0.25) is 5.91 Å². The maximum absolute atomic E-state index is 13.1. The summed E-state index contributed by atoms with van der Waals surface area (Å²) in [6, 6.07) is 12.8. The maximum Gasteiger partial charge on any atom is 0.411 e. The number of amides is 2. The van der Waals surface area contributed by atoms with Crippen molar-refractivity contribution in [3.63, 3.8) is 0 Å². The Hall–Kier alpha value is -5.21. The van der Waals surface area contributed by atoms with Gasteiger partial charge in [0.25, 0.3) is 5.56 Å². The number of anilines is 1. The van der Waals surface area contributed by atoms with E-state index in [4.69, 9.17) is 11.6 Å². The molecule has 1 atom stereocenters. The van der Waals surface area contributed by atoms with Crippen molar-refractivity contribution in [1.29, 1.82) is 0 Å². The third-order valence-corrected chi connectivity index (χ3v) is 6.89. The lowest BCUT2D eigenvalue weighted by Gasteiger charge is -2.17. The number of rotatable bonds is 9. The predicted octanol–water partition coefficient (Wildman–Crippen LogP) is 3.81. The number of carbonyl (C=O) groups is 2. The van der Waals surface area contributed by atoms with E-state index < -0.39 is 23.6 Å². The van der Waals surface area contributed by atoms with E-state index in [1.165, 1.54) is 35.5 Å². The SMILES string of the molecule is COC(=O)Nc1ccc(-c2cc(C(Cc3cscn3)NC(=O)/C=C/c3cc(Cl)ccc3-n3cnnn3)n[nH]c2=O)cc1. The minimum Gasteiger partial charge on any atom is -0.453 e. The molecule has 5 rings (SSSR count). The molecule has 0 fully saturated rings. The Balaban J connectivity index is 1.41. The summed E-state index contributed by atoms with van der Waals surface area (Å²) in [6.07, 6.45) is 4.13. The molecule has 5 aromatic rings. The number of benzene rings is 2. The molecule has 3 N–H and O–H groups in total.